The maximum Gasteiger partial charge on any atom is 0.409 e. The maximum absolute atomic E-state index is 12.0. The van der Waals surface area contributed by atoms with Gasteiger partial charge in [0.2, 0.25) is 5.91 Å². The van der Waals surface area contributed by atoms with Crippen LogP contribution in [0.4, 0.5) is 4.79 Å². The number of carbonyl (C=O) groups is 2. The molecule has 0 unspecified atom stereocenters. The number of amides is 2. The predicted octanol–water partition coefficient (Wildman–Crippen LogP) is 0.629. The highest BCUT2D eigenvalue weighted by atomic mass is 16.5. The molecule has 2 amide bonds. The van der Waals surface area contributed by atoms with Crippen molar-refractivity contribution in [2.75, 3.05) is 52.9 Å². The molecular weight excluding hydrogens is 246 g/mol. The van der Waals surface area contributed by atoms with E-state index >= 15 is 0 Å². The number of likely N-dealkylation sites (N-methyl/N-ethyl adjacent to an activating group) is 1. The zero-order valence-corrected chi connectivity index (χ0v) is 12.2. The number of methoxy groups -OCH3 is 1. The molecule has 0 spiro atoms. The van der Waals surface area contributed by atoms with E-state index in [9.17, 15) is 9.59 Å². The maximum atomic E-state index is 12.0. The Labute approximate surface area is 115 Å². The second-order valence-corrected chi connectivity index (χ2v) is 4.65. The Morgan fingerprint density at radius 1 is 1.11 bits per heavy atom. The van der Waals surface area contributed by atoms with Crippen LogP contribution in [0.3, 0.4) is 0 Å². The second kappa shape index (κ2) is 7.99. The van der Waals surface area contributed by atoms with E-state index in [1.807, 2.05) is 18.7 Å². The highest BCUT2D eigenvalue weighted by Crippen LogP contribution is 2.05. The van der Waals surface area contributed by atoms with Crippen molar-refractivity contribution in [2.24, 2.45) is 0 Å². The van der Waals surface area contributed by atoms with Gasteiger partial charge in [0.15, 0.2) is 0 Å². The molecule has 1 rings (SSSR count). The van der Waals surface area contributed by atoms with Crippen molar-refractivity contribution in [1.29, 1.82) is 0 Å². The van der Waals surface area contributed by atoms with Gasteiger partial charge < -0.3 is 14.5 Å². The Bertz CT molecular complexity index is 306. The van der Waals surface area contributed by atoms with Gasteiger partial charge in [0, 0.05) is 39.3 Å². The summed E-state index contributed by atoms with van der Waals surface area (Å²) in [4.78, 5) is 29.1. The molecule has 1 saturated heterocycles. The monoisotopic (exact) mass is 271 g/mol. The fraction of sp³-hybridized carbons (Fsp3) is 0.846. The molecule has 0 aromatic carbocycles. The summed E-state index contributed by atoms with van der Waals surface area (Å²) in [6.07, 6.45) is 0.595. The van der Waals surface area contributed by atoms with Gasteiger partial charge in [0.25, 0.3) is 0 Å². The van der Waals surface area contributed by atoms with Crippen LogP contribution in [0.5, 0.6) is 0 Å². The van der Waals surface area contributed by atoms with Gasteiger partial charge >= 0.3 is 6.09 Å². The van der Waals surface area contributed by atoms with E-state index in [4.69, 9.17) is 4.74 Å². The van der Waals surface area contributed by atoms with Gasteiger partial charge in [-0.3, -0.25) is 9.69 Å². The van der Waals surface area contributed by atoms with Crippen molar-refractivity contribution in [3.05, 3.63) is 0 Å². The molecule has 0 radical (unpaired) electrons. The molecule has 1 heterocycles. The van der Waals surface area contributed by atoms with E-state index in [-0.39, 0.29) is 12.0 Å². The van der Waals surface area contributed by atoms with Crippen molar-refractivity contribution < 1.29 is 14.3 Å². The first-order valence-electron chi connectivity index (χ1n) is 6.95. The van der Waals surface area contributed by atoms with E-state index in [2.05, 4.69) is 4.90 Å². The van der Waals surface area contributed by atoms with E-state index in [1.54, 1.807) is 4.90 Å². The average Bonchev–Trinajstić information content (AvgIpc) is 2.65. The van der Waals surface area contributed by atoms with Crippen molar-refractivity contribution >= 4 is 12.0 Å². The van der Waals surface area contributed by atoms with Crippen LogP contribution in [0.1, 0.15) is 20.3 Å². The lowest BCUT2D eigenvalue weighted by molar-refractivity contribution is -0.132. The molecule has 1 fully saturated rings. The lowest BCUT2D eigenvalue weighted by Gasteiger charge is -2.24. The lowest BCUT2D eigenvalue weighted by Crippen LogP contribution is -2.42. The largest absolute Gasteiger partial charge is 0.453 e. The first-order valence-corrected chi connectivity index (χ1v) is 6.95. The Balaban J connectivity index is 2.45. The lowest BCUT2D eigenvalue weighted by atomic mass is 10.3. The van der Waals surface area contributed by atoms with Gasteiger partial charge in [-0.25, -0.2) is 4.79 Å². The summed E-state index contributed by atoms with van der Waals surface area (Å²) in [6, 6.07) is 0. The number of hydrogen-bond donors (Lipinski definition) is 0. The average molecular weight is 271 g/mol. The van der Waals surface area contributed by atoms with Crippen LogP contribution in [0, 0.1) is 0 Å². The molecule has 110 valence electrons. The number of rotatable bonds is 4. The Hall–Kier alpha value is -1.30. The van der Waals surface area contributed by atoms with Crippen LogP contribution in [0.15, 0.2) is 0 Å². The summed E-state index contributed by atoms with van der Waals surface area (Å²) in [5.41, 5.74) is 0. The molecule has 6 heteroatoms. The summed E-state index contributed by atoms with van der Waals surface area (Å²) in [5, 5.41) is 0. The Morgan fingerprint density at radius 2 is 1.79 bits per heavy atom. The van der Waals surface area contributed by atoms with E-state index in [0.717, 1.165) is 32.6 Å². The first-order chi connectivity index (χ1) is 9.12. The van der Waals surface area contributed by atoms with Gasteiger partial charge in [-0.2, -0.15) is 0 Å². The van der Waals surface area contributed by atoms with E-state index < -0.39 is 0 Å². The molecule has 1 aliphatic heterocycles. The summed E-state index contributed by atoms with van der Waals surface area (Å²) in [6.45, 7) is 8.81. The summed E-state index contributed by atoms with van der Waals surface area (Å²) in [5.74, 6) is 0.163. The topological polar surface area (TPSA) is 53.1 Å². The second-order valence-electron chi connectivity index (χ2n) is 4.65. The van der Waals surface area contributed by atoms with Crippen LogP contribution in [0.25, 0.3) is 0 Å². The minimum Gasteiger partial charge on any atom is -0.453 e. The van der Waals surface area contributed by atoms with Crippen LogP contribution in [-0.4, -0.2) is 79.6 Å². The van der Waals surface area contributed by atoms with Crippen LogP contribution >= 0.6 is 0 Å². The van der Waals surface area contributed by atoms with Gasteiger partial charge in [-0.05, 0) is 20.3 Å². The molecule has 0 aromatic heterocycles. The SMILES string of the molecule is CCN(CC)C(=O)CN1CCCN(C(=O)OC)CC1. The highest BCUT2D eigenvalue weighted by Gasteiger charge is 2.21. The van der Waals surface area contributed by atoms with Gasteiger partial charge in [0.1, 0.15) is 0 Å². The van der Waals surface area contributed by atoms with Crippen LogP contribution in [-0.2, 0) is 9.53 Å². The highest BCUT2D eigenvalue weighted by molar-refractivity contribution is 5.78. The van der Waals surface area contributed by atoms with Crippen molar-refractivity contribution in [2.45, 2.75) is 20.3 Å². The molecule has 0 aliphatic carbocycles. The van der Waals surface area contributed by atoms with Crippen molar-refractivity contribution in [3.63, 3.8) is 0 Å². The number of nitrogens with zero attached hydrogens (tertiary/aromatic N) is 3. The first kappa shape index (κ1) is 15.8. The number of hydrogen-bond acceptors (Lipinski definition) is 4. The van der Waals surface area contributed by atoms with E-state index in [0.29, 0.717) is 19.6 Å². The summed E-state index contributed by atoms with van der Waals surface area (Å²) in [7, 11) is 1.40. The molecule has 0 N–H and O–H groups in total. The van der Waals surface area contributed by atoms with Gasteiger partial charge in [0.05, 0.1) is 13.7 Å². The quantitative estimate of drug-likeness (QED) is 0.752. The molecule has 19 heavy (non-hydrogen) atoms. The molecule has 0 aromatic rings. The number of carbonyl (C=O) groups excluding carboxylic acids is 2. The van der Waals surface area contributed by atoms with Crippen molar-refractivity contribution in [1.82, 2.24) is 14.7 Å². The normalized spacial score (nSPS) is 16.9. The Kier molecular flexibility index (Phi) is 6.62. The fourth-order valence-corrected chi connectivity index (χ4v) is 2.31. The Morgan fingerprint density at radius 3 is 2.37 bits per heavy atom. The third-order valence-electron chi connectivity index (χ3n) is 3.50. The molecule has 1 aliphatic rings. The smallest absolute Gasteiger partial charge is 0.409 e. The standard InChI is InChI=1S/C13H25N3O3/c1-4-15(5-2)12(17)11-14-7-6-8-16(10-9-14)13(18)19-3/h4-11H2,1-3H3. The predicted molar refractivity (Wildman–Crippen MR) is 73.0 cm³/mol. The third-order valence-corrected chi connectivity index (χ3v) is 3.50. The number of ether oxygens (including phenoxy) is 1. The van der Waals surface area contributed by atoms with Crippen LogP contribution < -0.4 is 0 Å². The summed E-state index contributed by atoms with van der Waals surface area (Å²) < 4.78 is 4.73. The van der Waals surface area contributed by atoms with Crippen LogP contribution in [0.2, 0.25) is 0 Å². The molecule has 6 nitrogen and oxygen atoms in total. The fourth-order valence-electron chi connectivity index (χ4n) is 2.31. The minimum atomic E-state index is -0.281. The van der Waals surface area contributed by atoms with Gasteiger partial charge in [-0.15, -0.1) is 0 Å². The van der Waals surface area contributed by atoms with Gasteiger partial charge in [-0.1, -0.05) is 0 Å². The zero-order valence-electron chi connectivity index (χ0n) is 12.2. The molecule has 0 saturated carbocycles. The molecule has 0 atom stereocenters. The molecule has 0 bridgehead atoms. The van der Waals surface area contributed by atoms with Crippen molar-refractivity contribution in [3.8, 4) is 0 Å². The summed E-state index contributed by atoms with van der Waals surface area (Å²) >= 11 is 0. The third kappa shape index (κ3) is 4.70. The van der Waals surface area contributed by atoms with E-state index in [1.165, 1.54) is 7.11 Å². The molecular formula is C13H25N3O3. The minimum absolute atomic E-state index is 0.163. The zero-order chi connectivity index (χ0) is 14.3.